The first-order valence-electron chi connectivity index (χ1n) is 6.06. The molecular weight excluding hydrogens is 273 g/mol. The molecule has 0 atom stereocenters. The van der Waals surface area contributed by atoms with Crippen LogP contribution in [-0.4, -0.2) is 31.0 Å². The number of rotatable bonds is 5. The summed E-state index contributed by atoms with van der Waals surface area (Å²) in [6.07, 6.45) is -4.53. The average Bonchev–Trinajstić information content (AvgIpc) is 2.42. The monoisotopic (exact) mass is 290 g/mol. The molecule has 8 heteroatoms. The Kier molecular flexibility index (Phi) is 5.32. The molecule has 0 saturated carbocycles. The van der Waals surface area contributed by atoms with Gasteiger partial charge in [-0.2, -0.15) is 13.2 Å². The van der Waals surface area contributed by atoms with Gasteiger partial charge in [0.25, 0.3) is 0 Å². The van der Waals surface area contributed by atoms with Crippen molar-refractivity contribution in [2.24, 2.45) is 5.73 Å². The Morgan fingerprint density at radius 3 is 2.55 bits per heavy atom. The quantitative estimate of drug-likeness (QED) is 0.853. The molecule has 0 unspecified atom stereocenters. The Labute approximate surface area is 115 Å². The maximum atomic E-state index is 12.7. The van der Waals surface area contributed by atoms with Crippen LogP contribution >= 0.6 is 0 Å². The van der Waals surface area contributed by atoms with Crippen molar-refractivity contribution in [3.63, 3.8) is 0 Å². The molecule has 0 aliphatic rings. The van der Waals surface area contributed by atoms with Crippen molar-refractivity contribution < 1.29 is 18.0 Å². The number of amides is 1. The van der Waals surface area contributed by atoms with E-state index in [1.807, 2.05) is 0 Å². The summed E-state index contributed by atoms with van der Waals surface area (Å²) < 4.78 is 38.1. The zero-order valence-electron chi connectivity index (χ0n) is 11.3. The molecule has 0 saturated heterocycles. The zero-order chi connectivity index (χ0) is 15.3. The molecule has 0 fully saturated rings. The third-order valence-corrected chi connectivity index (χ3v) is 2.76. The first kappa shape index (κ1) is 16.2. The van der Waals surface area contributed by atoms with Gasteiger partial charge in [-0.1, -0.05) is 6.07 Å². The van der Waals surface area contributed by atoms with Gasteiger partial charge < -0.3 is 16.0 Å². The van der Waals surface area contributed by atoms with Gasteiger partial charge in [-0.15, -0.1) is 0 Å². The first-order chi connectivity index (χ1) is 9.33. The maximum absolute atomic E-state index is 12.7. The molecule has 5 nitrogen and oxygen atoms in total. The number of pyridine rings is 1. The average molecular weight is 290 g/mol. The minimum Gasteiger partial charge on any atom is -0.358 e. The van der Waals surface area contributed by atoms with E-state index in [0.29, 0.717) is 12.1 Å². The van der Waals surface area contributed by atoms with Crippen molar-refractivity contribution in [3.05, 3.63) is 23.4 Å². The number of aromatic nitrogens is 1. The first-order valence-corrected chi connectivity index (χ1v) is 6.06. The van der Waals surface area contributed by atoms with Crippen molar-refractivity contribution in [1.82, 2.24) is 10.3 Å². The van der Waals surface area contributed by atoms with E-state index in [0.717, 1.165) is 6.07 Å². The van der Waals surface area contributed by atoms with Crippen LogP contribution in [0.2, 0.25) is 0 Å². The summed E-state index contributed by atoms with van der Waals surface area (Å²) in [7, 11) is 1.46. The summed E-state index contributed by atoms with van der Waals surface area (Å²) in [5, 5.41) is 2.42. The summed E-state index contributed by atoms with van der Waals surface area (Å²) in [4.78, 5) is 16.5. The van der Waals surface area contributed by atoms with E-state index in [4.69, 9.17) is 5.73 Å². The predicted octanol–water partition coefficient (Wildman–Crippen LogP) is 1.13. The molecule has 20 heavy (non-hydrogen) atoms. The highest BCUT2D eigenvalue weighted by atomic mass is 19.4. The standard InChI is InChI=1S/C12H17F3N4O/c1-3-19(7-10(20)17-2)11-8(6-16)4-5-9(18-11)12(13,14)15/h4-5H,3,6-7,16H2,1-2H3,(H,17,20). The van der Waals surface area contributed by atoms with Crippen LogP contribution in [0.4, 0.5) is 19.0 Å². The molecule has 0 radical (unpaired) electrons. The topological polar surface area (TPSA) is 71.2 Å². The van der Waals surface area contributed by atoms with Crippen LogP contribution in [0.5, 0.6) is 0 Å². The number of nitrogens with two attached hydrogens (primary N) is 1. The lowest BCUT2D eigenvalue weighted by atomic mass is 10.2. The Morgan fingerprint density at radius 2 is 2.10 bits per heavy atom. The van der Waals surface area contributed by atoms with Crippen LogP contribution in [0.25, 0.3) is 0 Å². The van der Waals surface area contributed by atoms with Gasteiger partial charge >= 0.3 is 6.18 Å². The fourth-order valence-electron chi connectivity index (χ4n) is 1.66. The van der Waals surface area contributed by atoms with Gasteiger partial charge in [0.15, 0.2) is 0 Å². The molecule has 1 rings (SSSR count). The molecule has 0 aliphatic carbocycles. The highest BCUT2D eigenvalue weighted by Crippen LogP contribution is 2.30. The Bertz CT molecular complexity index is 476. The van der Waals surface area contributed by atoms with E-state index < -0.39 is 11.9 Å². The van der Waals surface area contributed by atoms with Crippen molar-refractivity contribution in [3.8, 4) is 0 Å². The lowest BCUT2D eigenvalue weighted by Gasteiger charge is -2.24. The molecule has 0 aliphatic heterocycles. The maximum Gasteiger partial charge on any atom is 0.433 e. The largest absolute Gasteiger partial charge is 0.433 e. The minimum absolute atomic E-state index is 0.0463. The molecule has 1 aromatic heterocycles. The second-order valence-electron chi connectivity index (χ2n) is 4.07. The van der Waals surface area contributed by atoms with Gasteiger partial charge in [-0.25, -0.2) is 4.98 Å². The number of nitrogens with one attached hydrogen (secondary N) is 1. The van der Waals surface area contributed by atoms with E-state index in [-0.39, 0.29) is 24.8 Å². The van der Waals surface area contributed by atoms with E-state index >= 15 is 0 Å². The second-order valence-corrected chi connectivity index (χ2v) is 4.07. The lowest BCUT2D eigenvalue weighted by molar-refractivity contribution is -0.141. The van der Waals surface area contributed by atoms with Crippen molar-refractivity contribution in [1.29, 1.82) is 0 Å². The Hall–Kier alpha value is -1.83. The summed E-state index contributed by atoms with van der Waals surface area (Å²) >= 11 is 0. The van der Waals surface area contributed by atoms with Crippen molar-refractivity contribution in [2.75, 3.05) is 25.0 Å². The predicted molar refractivity (Wildman–Crippen MR) is 69.1 cm³/mol. The highest BCUT2D eigenvalue weighted by Gasteiger charge is 2.33. The lowest BCUT2D eigenvalue weighted by Crippen LogP contribution is -2.37. The second kappa shape index (κ2) is 6.56. The summed E-state index contributed by atoms with van der Waals surface area (Å²) in [6.45, 7) is 2.04. The molecule has 112 valence electrons. The van der Waals surface area contributed by atoms with Crippen LogP contribution in [0.1, 0.15) is 18.2 Å². The smallest absolute Gasteiger partial charge is 0.358 e. The SMILES string of the molecule is CCN(CC(=O)NC)c1nc(C(F)(F)F)ccc1CN. The fraction of sp³-hybridized carbons (Fsp3) is 0.500. The normalized spacial score (nSPS) is 11.3. The molecular formula is C12H17F3N4O. The molecule has 0 spiro atoms. The van der Waals surface area contributed by atoms with E-state index in [1.165, 1.54) is 18.0 Å². The number of hydrogen-bond donors (Lipinski definition) is 2. The molecule has 3 N–H and O–H groups in total. The number of likely N-dealkylation sites (N-methyl/N-ethyl adjacent to an activating group) is 2. The van der Waals surface area contributed by atoms with Gasteiger partial charge in [0, 0.05) is 25.7 Å². The Morgan fingerprint density at radius 1 is 1.45 bits per heavy atom. The number of halogens is 3. The van der Waals surface area contributed by atoms with Crippen molar-refractivity contribution in [2.45, 2.75) is 19.6 Å². The van der Waals surface area contributed by atoms with E-state index in [1.54, 1.807) is 6.92 Å². The molecule has 0 bridgehead atoms. The number of carbonyl (C=O) groups excluding carboxylic acids is 1. The van der Waals surface area contributed by atoms with Gasteiger partial charge in [-0.05, 0) is 13.0 Å². The highest BCUT2D eigenvalue weighted by molar-refractivity contribution is 5.80. The molecule has 0 aromatic carbocycles. The molecule has 1 amide bonds. The molecule has 1 heterocycles. The van der Waals surface area contributed by atoms with Crippen LogP contribution in [-0.2, 0) is 17.5 Å². The van der Waals surface area contributed by atoms with Crippen LogP contribution < -0.4 is 16.0 Å². The number of carbonyl (C=O) groups is 1. The van der Waals surface area contributed by atoms with Crippen LogP contribution in [0, 0.1) is 0 Å². The number of alkyl halides is 3. The van der Waals surface area contributed by atoms with E-state index in [9.17, 15) is 18.0 Å². The van der Waals surface area contributed by atoms with Gasteiger partial charge in [0.1, 0.15) is 11.5 Å². The van der Waals surface area contributed by atoms with Gasteiger partial charge in [0.05, 0.1) is 6.54 Å². The summed E-state index contributed by atoms with van der Waals surface area (Å²) in [5.74, 6) is -0.220. The minimum atomic E-state index is -4.53. The van der Waals surface area contributed by atoms with Crippen LogP contribution in [0.3, 0.4) is 0 Å². The third kappa shape index (κ3) is 3.83. The van der Waals surface area contributed by atoms with Crippen molar-refractivity contribution >= 4 is 11.7 Å². The fourth-order valence-corrected chi connectivity index (χ4v) is 1.66. The third-order valence-electron chi connectivity index (χ3n) is 2.76. The zero-order valence-corrected chi connectivity index (χ0v) is 11.3. The van der Waals surface area contributed by atoms with Gasteiger partial charge in [0.2, 0.25) is 5.91 Å². The Balaban J connectivity index is 3.20. The summed E-state index contributed by atoms with van der Waals surface area (Å²) in [5.41, 5.74) is 4.98. The number of hydrogen-bond acceptors (Lipinski definition) is 4. The van der Waals surface area contributed by atoms with Gasteiger partial charge in [-0.3, -0.25) is 4.79 Å². The number of nitrogens with zero attached hydrogens (tertiary/aromatic N) is 2. The van der Waals surface area contributed by atoms with Crippen LogP contribution in [0.15, 0.2) is 12.1 Å². The summed E-state index contributed by atoms with van der Waals surface area (Å²) in [6, 6.07) is 2.18. The van der Waals surface area contributed by atoms with E-state index in [2.05, 4.69) is 10.3 Å². The number of anilines is 1. The molecule has 1 aromatic rings.